The molecule has 1 heterocycles. The van der Waals surface area contributed by atoms with Crippen LogP contribution in [0.3, 0.4) is 0 Å². The molecule has 102 valence electrons. The third kappa shape index (κ3) is 3.52. The van der Waals surface area contributed by atoms with E-state index in [1.54, 1.807) is 0 Å². The van der Waals surface area contributed by atoms with Gasteiger partial charge in [-0.2, -0.15) is 0 Å². The van der Waals surface area contributed by atoms with Crippen LogP contribution >= 0.6 is 0 Å². The average Bonchev–Trinajstić information content (AvgIpc) is 2.25. The van der Waals surface area contributed by atoms with Gasteiger partial charge in [-0.25, -0.2) is 17.9 Å². The van der Waals surface area contributed by atoms with Gasteiger partial charge in [0.2, 0.25) is 10.0 Å². The van der Waals surface area contributed by atoms with Crippen molar-refractivity contribution in [3.05, 3.63) is 27.0 Å². The summed E-state index contributed by atoms with van der Waals surface area (Å²) < 4.78 is 25.8. The van der Waals surface area contributed by atoms with Crippen LogP contribution in [-0.4, -0.2) is 31.0 Å². The second-order valence-electron chi connectivity index (χ2n) is 4.20. The molecule has 5 N–H and O–H groups in total. The van der Waals surface area contributed by atoms with Crippen molar-refractivity contribution in [3.8, 4) is 0 Å². The summed E-state index contributed by atoms with van der Waals surface area (Å²) in [5.74, 6) is 0.0987. The van der Waals surface area contributed by atoms with Crippen molar-refractivity contribution in [1.82, 2.24) is 14.7 Å². The highest BCUT2D eigenvalue weighted by Gasteiger charge is 2.20. The van der Waals surface area contributed by atoms with Gasteiger partial charge in [0.15, 0.2) is 4.90 Å². The van der Waals surface area contributed by atoms with E-state index in [1.807, 2.05) is 18.8 Å². The summed E-state index contributed by atoms with van der Waals surface area (Å²) in [5.41, 5.74) is 3.96. The smallest absolute Gasteiger partial charge is 0.325 e. The fourth-order valence-corrected chi connectivity index (χ4v) is 2.19. The topological polar surface area (TPSA) is 138 Å². The zero-order chi connectivity index (χ0) is 13.9. The van der Waals surface area contributed by atoms with E-state index >= 15 is 0 Å². The van der Waals surface area contributed by atoms with E-state index in [0.29, 0.717) is 0 Å². The maximum absolute atomic E-state index is 11.8. The van der Waals surface area contributed by atoms with Crippen LogP contribution in [-0.2, 0) is 10.0 Å². The van der Waals surface area contributed by atoms with Crippen molar-refractivity contribution < 1.29 is 8.42 Å². The number of sulfonamides is 1. The Morgan fingerprint density at radius 3 is 2.50 bits per heavy atom. The van der Waals surface area contributed by atoms with Gasteiger partial charge in [0.1, 0.15) is 0 Å². The Morgan fingerprint density at radius 1 is 1.39 bits per heavy atom. The highest BCUT2D eigenvalue weighted by Crippen LogP contribution is 2.01. The molecule has 0 aliphatic carbocycles. The molecule has 1 atom stereocenters. The van der Waals surface area contributed by atoms with E-state index in [2.05, 4.69) is 9.71 Å². The van der Waals surface area contributed by atoms with E-state index in [0.717, 1.165) is 6.20 Å². The Labute approximate surface area is 104 Å². The second-order valence-corrected chi connectivity index (χ2v) is 5.93. The predicted octanol–water partition coefficient (Wildman–Crippen LogP) is -1.68. The molecule has 0 saturated heterocycles. The van der Waals surface area contributed by atoms with Gasteiger partial charge in [-0.15, -0.1) is 0 Å². The molecule has 0 radical (unpaired) electrons. The van der Waals surface area contributed by atoms with Crippen LogP contribution < -0.4 is 21.7 Å². The van der Waals surface area contributed by atoms with Gasteiger partial charge in [0.05, 0.1) is 0 Å². The number of nitrogens with one attached hydrogen (secondary N) is 3. The van der Waals surface area contributed by atoms with Crippen molar-refractivity contribution in [3.63, 3.8) is 0 Å². The van der Waals surface area contributed by atoms with Gasteiger partial charge >= 0.3 is 5.69 Å². The number of hydrogen-bond acceptors (Lipinski definition) is 5. The summed E-state index contributed by atoms with van der Waals surface area (Å²) >= 11 is 0. The Balaban J connectivity index is 2.94. The molecule has 0 saturated carbocycles. The lowest BCUT2D eigenvalue weighted by Gasteiger charge is -2.15. The van der Waals surface area contributed by atoms with Crippen LogP contribution in [0.25, 0.3) is 0 Å². The molecule has 0 bridgehead atoms. The molecule has 0 spiro atoms. The summed E-state index contributed by atoms with van der Waals surface area (Å²) in [6.45, 7) is 3.72. The fourth-order valence-electron chi connectivity index (χ4n) is 1.12. The minimum atomic E-state index is -3.98. The van der Waals surface area contributed by atoms with Crippen LogP contribution in [0, 0.1) is 5.92 Å². The number of aromatic amines is 2. The van der Waals surface area contributed by atoms with E-state index < -0.39 is 26.2 Å². The molecule has 18 heavy (non-hydrogen) atoms. The monoisotopic (exact) mass is 276 g/mol. The van der Waals surface area contributed by atoms with Crippen molar-refractivity contribution >= 4 is 10.0 Å². The number of H-pyrrole nitrogens is 2. The van der Waals surface area contributed by atoms with E-state index in [9.17, 15) is 18.0 Å². The first kappa shape index (κ1) is 14.6. The summed E-state index contributed by atoms with van der Waals surface area (Å²) in [4.78, 5) is 25.5. The molecule has 0 aliphatic heterocycles. The Bertz CT molecular complexity index is 616. The van der Waals surface area contributed by atoms with Crippen molar-refractivity contribution in [1.29, 1.82) is 0 Å². The SMILES string of the molecule is CC(C)C(N)CNS(=O)(=O)c1c[nH]c(=O)[nH]c1=O. The second kappa shape index (κ2) is 5.46. The molecule has 0 amide bonds. The van der Waals surface area contributed by atoms with Crippen molar-refractivity contribution in [2.75, 3.05) is 6.54 Å². The molecule has 1 unspecified atom stereocenters. The first-order chi connectivity index (χ1) is 8.24. The van der Waals surface area contributed by atoms with Gasteiger partial charge in [0, 0.05) is 18.8 Å². The average molecular weight is 276 g/mol. The van der Waals surface area contributed by atoms with Crippen LogP contribution in [0.2, 0.25) is 0 Å². The zero-order valence-corrected chi connectivity index (χ0v) is 10.9. The lowest BCUT2D eigenvalue weighted by Crippen LogP contribution is -2.42. The Hall–Kier alpha value is -1.45. The molecule has 0 fully saturated rings. The number of aromatic nitrogens is 2. The molecule has 1 aromatic rings. The van der Waals surface area contributed by atoms with Crippen molar-refractivity contribution in [2.45, 2.75) is 24.8 Å². The van der Waals surface area contributed by atoms with Crippen LogP contribution in [0.15, 0.2) is 20.7 Å². The van der Waals surface area contributed by atoms with Gasteiger partial charge < -0.3 is 10.7 Å². The zero-order valence-electron chi connectivity index (χ0n) is 10.1. The number of rotatable bonds is 5. The lowest BCUT2D eigenvalue weighted by atomic mass is 10.1. The van der Waals surface area contributed by atoms with Gasteiger partial charge in [-0.3, -0.25) is 9.78 Å². The lowest BCUT2D eigenvalue weighted by molar-refractivity contribution is 0.481. The maximum Gasteiger partial charge on any atom is 0.325 e. The molecule has 8 nitrogen and oxygen atoms in total. The quantitative estimate of drug-likeness (QED) is 0.509. The van der Waals surface area contributed by atoms with Gasteiger partial charge in [-0.05, 0) is 5.92 Å². The van der Waals surface area contributed by atoms with Crippen LogP contribution in [0.5, 0.6) is 0 Å². The minimum absolute atomic E-state index is 0.0125. The Morgan fingerprint density at radius 2 is 2.00 bits per heavy atom. The number of hydrogen-bond donors (Lipinski definition) is 4. The molecule has 0 aromatic carbocycles. The minimum Gasteiger partial charge on any atom is -0.326 e. The molecular formula is C9H16N4O4S. The highest BCUT2D eigenvalue weighted by atomic mass is 32.2. The van der Waals surface area contributed by atoms with Crippen molar-refractivity contribution in [2.24, 2.45) is 11.7 Å². The van der Waals surface area contributed by atoms with Gasteiger partial charge in [-0.1, -0.05) is 13.8 Å². The maximum atomic E-state index is 11.8. The van der Waals surface area contributed by atoms with Gasteiger partial charge in [0.25, 0.3) is 5.56 Å². The largest absolute Gasteiger partial charge is 0.326 e. The first-order valence-corrected chi connectivity index (χ1v) is 6.79. The van der Waals surface area contributed by atoms with E-state index in [1.165, 1.54) is 0 Å². The molecule has 9 heteroatoms. The highest BCUT2D eigenvalue weighted by molar-refractivity contribution is 7.89. The third-order valence-electron chi connectivity index (χ3n) is 2.44. The third-order valence-corrected chi connectivity index (χ3v) is 3.87. The van der Waals surface area contributed by atoms with E-state index in [-0.39, 0.29) is 18.5 Å². The van der Waals surface area contributed by atoms with Crippen LogP contribution in [0.4, 0.5) is 0 Å². The molecule has 0 aliphatic rings. The summed E-state index contributed by atoms with van der Waals surface area (Å²) in [6, 6.07) is -0.360. The summed E-state index contributed by atoms with van der Waals surface area (Å²) in [7, 11) is -3.98. The first-order valence-electron chi connectivity index (χ1n) is 5.31. The Kier molecular flexibility index (Phi) is 4.43. The molecule has 1 aromatic heterocycles. The molecule has 1 rings (SSSR count). The fraction of sp³-hybridized carbons (Fsp3) is 0.556. The molecular weight excluding hydrogens is 260 g/mol. The normalized spacial score (nSPS) is 13.8. The number of nitrogens with two attached hydrogens (primary N) is 1. The summed E-state index contributed by atoms with van der Waals surface area (Å²) in [6.07, 6.45) is 0.852. The summed E-state index contributed by atoms with van der Waals surface area (Å²) in [5, 5.41) is 0. The van der Waals surface area contributed by atoms with Crippen LogP contribution in [0.1, 0.15) is 13.8 Å². The predicted molar refractivity (Wildman–Crippen MR) is 65.7 cm³/mol. The van der Waals surface area contributed by atoms with E-state index in [4.69, 9.17) is 5.73 Å². The standard InChI is InChI=1S/C9H16N4O4S/c1-5(2)6(10)3-12-18(16,17)7-4-11-9(15)13-8(7)14/h4-6,12H,3,10H2,1-2H3,(H2,11,13,14,15).